The van der Waals surface area contributed by atoms with Gasteiger partial charge in [0.05, 0.1) is 5.92 Å². The second-order valence-electron chi connectivity index (χ2n) is 5.03. The second-order valence-corrected chi connectivity index (χ2v) is 5.03. The van der Waals surface area contributed by atoms with Gasteiger partial charge in [-0.05, 0) is 38.6 Å². The molecule has 1 aliphatic heterocycles. The van der Waals surface area contributed by atoms with E-state index in [0.717, 1.165) is 25.4 Å². The molecule has 1 aliphatic carbocycles. The monoisotopic (exact) mass is 210 g/mol. The van der Waals surface area contributed by atoms with Gasteiger partial charge in [-0.15, -0.1) is 0 Å². The van der Waals surface area contributed by atoms with Gasteiger partial charge in [0.2, 0.25) is 5.91 Å². The number of rotatable bonds is 3. The molecule has 2 N–H and O–H groups in total. The number of hydrogen-bond acceptors (Lipinski definition) is 2. The summed E-state index contributed by atoms with van der Waals surface area (Å²) in [6.45, 7) is 4.00. The van der Waals surface area contributed by atoms with Gasteiger partial charge in [0.1, 0.15) is 0 Å². The van der Waals surface area contributed by atoms with Crippen molar-refractivity contribution in [2.45, 2.75) is 45.1 Å². The van der Waals surface area contributed by atoms with Gasteiger partial charge in [-0.25, -0.2) is 0 Å². The number of hydrogen-bond donors (Lipinski definition) is 2. The zero-order chi connectivity index (χ0) is 10.7. The van der Waals surface area contributed by atoms with Crippen molar-refractivity contribution < 1.29 is 4.79 Å². The molecule has 1 saturated heterocycles. The van der Waals surface area contributed by atoms with Gasteiger partial charge in [-0.1, -0.05) is 12.8 Å². The first-order chi connectivity index (χ1) is 7.27. The number of amides is 1. The number of carbonyl (C=O) groups is 1. The highest BCUT2D eigenvalue weighted by atomic mass is 16.1. The van der Waals surface area contributed by atoms with E-state index in [1.165, 1.54) is 25.7 Å². The second kappa shape index (κ2) is 4.97. The molecule has 1 heterocycles. The molecule has 15 heavy (non-hydrogen) atoms. The van der Waals surface area contributed by atoms with Crippen LogP contribution in [0.3, 0.4) is 0 Å². The molecule has 0 aromatic heterocycles. The molecular formula is C12H22N2O. The van der Waals surface area contributed by atoms with Crippen molar-refractivity contribution in [1.29, 1.82) is 0 Å². The average molecular weight is 210 g/mol. The van der Waals surface area contributed by atoms with Gasteiger partial charge in [-0.3, -0.25) is 4.79 Å². The first-order valence-electron chi connectivity index (χ1n) is 6.28. The molecule has 0 bridgehead atoms. The van der Waals surface area contributed by atoms with Crippen LogP contribution >= 0.6 is 0 Å². The van der Waals surface area contributed by atoms with Gasteiger partial charge < -0.3 is 10.6 Å². The lowest BCUT2D eigenvalue weighted by Gasteiger charge is -2.17. The average Bonchev–Trinajstić information content (AvgIpc) is 2.84. The SMILES string of the molecule is CC1NCCC1C(=O)NCC1CCCC1. The summed E-state index contributed by atoms with van der Waals surface area (Å²) >= 11 is 0. The molecule has 0 aromatic carbocycles. The number of carbonyl (C=O) groups excluding carboxylic acids is 1. The van der Waals surface area contributed by atoms with Crippen LogP contribution in [0.15, 0.2) is 0 Å². The number of nitrogens with one attached hydrogen (secondary N) is 2. The van der Waals surface area contributed by atoms with Crippen LogP contribution in [0.4, 0.5) is 0 Å². The first-order valence-corrected chi connectivity index (χ1v) is 6.28. The predicted octanol–water partition coefficient (Wildman–Crippen LogP) is 1.29. The van der Waals surface area contributed by atoms with Crippen molar-refractivity contribution in [3.05, 3.63) is 0 Å². The third kappa shape index (κ3) is 2.71. The van der Waals surface area contributed by atoms with Crippen LogP contribution in [0.25, 0.3) is 0 Å². The molecule has 0 radical (unpaired) electrons. The highest BCUT2D eigenvalue weighted by Crippen LogP contribution is 2.24. The Balaban J connectivity index is 1.71. The van der Waals surface area contributed by atoms with E-state index in [9.17, 15) is 4.79 Å². The largest absolute Gasteiger partial charge is 0.356 e. The molecule has 3 nitrogen and oxygen atoms in total. The Labute approximate surface area is 92.0 Å². The molecule has 2 aliphatic rings. The van der Waals surface area contributed by atoms with Gasteiger partial charge in [0, 0.05) is 12.6 Å². The summed E-state index contributed by atoms with van der Waals surface area (Å²) in [5.74, 6) is 1.21. The lowest BCUT2D eigenvalue weighted by Crippen LogP contribution is -2.38. The van der Waals surface area contributed by atoms with Gasteiger partial charge in [-0.2, -0.15) is 0 Å². The van der Waals surface area contributed by atoms with E-state index in [4.69, 9.17) is 0 Å². The molecule has 1 saturated carbocycles. The molecule has 0 aromatic rings. The molecule has 2 unspecified atom stereocenters. The lowest BCUT2D eigenvalue weighted by molar-refractivity contribution is -0.125. The van der Waals surface area contributed by atoms with Crippen molar-refractivity contribution in [3.63, 3.8) is 0 Å². The minimum Gasteiger partial charge on any atom is -0.356 e. The molecule has 2 rings (SSSR count). The van der Waals surface area contributed by atoms with Gasteiger partial charge in [0.25, 0.3) is 0 Å². The van der Waals surface area contributed by atoms with E-state index >= 15 is 0 Å². The van der Waals surface area contributed by atoms with E-state index in [2.05, 4.69) is 17.6 Å². The highest BCUT2D eigenvalue weighted by Gasteiger charge is 2.29. The lowest BCUT2D eigenvalue weighted by atomic mass is 10.0. The van der Waals surface area contributed by atoms with Crippen molar-refractivity contribution in [2.24, 2.45) is 11.8 Å². The Morgan fingerprint density at radius 2 is 2.07 bits per heavy atom. The molecular weight excluding hydrogens is 188 g/mol. The molecule has 2 atom stereocenters. The summed E-state index contributed by atoms with van der Waals surface area (Å²) in [4.78, 5) is 11.9. The Kier molecular flexibility index (Phi) is 3.62. The van der Waals surface area contributed by atoms with E-state index in [-0.39, 0.29) is 11.8 Å². The van der Waals surface area contributed by atoms with Crippen LogP contribution in [0.5, 0.6) is 0 Å². The molecule has 86 valence electrons. The fourth-order valence-corrected chi connectivity index (χ4v) is 2.81. The predicted molar refractivity (Wildman–Crippen MR) is 60.5 cm³/mol. The third-order valence-electron chi connectivity index (χ3n) is 3.90. The van der Waals surface area contributed by atoms with E-state index in [1.54, 1.807) is 0 Å². The maximum Gasteiger partial charge on any atom is 0.224 e. The van der Waals surface area contributed by atoms with Crippen LogP contribution in [0.2, 0.25) is 0 Å². The smallest absolute Gasteiger partial charge is 0.224 e. The van der Waals surface area contributed by atoms with Crippen LogP contribution in [-0.4, -0.2) is 25.0 Å². The Morgan fingerprint density at radius 3 is 2.67 bits per heavy atom. The van der Waals surface area contributed by atoms with Crippen LogP contribution in [-0.2, 0) is 4.79 Å². The molecule has 1 amide bonds. The molecule has 0 spiro atoms. The topological polar surface area (TPSA) is 41.1 Å². The Hall–Kier alpha value is -0.570. The fraction of sp³-hybridized carbons (Fsp3) is 0.917. The third-order valence-corrected chi connectivity index (χ3v) is 3.90. The van der Waals surface area contributed by atoms with Crippen LogP contribution in [0, 0.1) is 11.8 Å². The zero-order valence-corrected chi connectivity index (χ0v) is 9.59. The standard InChI is InChI=1S/C12H22N2O/c1-9-11(6-7-13-9)12(15)14-8-10-4-2-3-5-10/h9-11,13H,2-8H2,1H3,(H,14,15). The summed E-state index contributed by atoms with van der Waals surface area (Å²) in [7, 11) is 0. The summed E-state index contributed by atoms with van der Waals surface area (Å²) in [5.41, 5.74) is 0. The maximum atomic E-state index is 11.9. The summed E-state index contributed by atoms with van der Waals surface area (Å²) < 4.78 is 0. The first kappa shape index (κ1) is 10.9. The van der Waals surface area contributed by atoms with Crippen molar-refractivity contribution >= 4 is 5.91 Å². The summed E-state index contributed by atoms with van der Waals surface area (Å²) in [5, 5.41) is 6.44. The maximum absolute atomic E-state index is 11.9. The van der Waals surface area contributed by atoms with E-state index in [1.807, 2.05) is 0 Å². The van der Waals surface area contributed by atoms with Gasteiger partial charge in [0.15, 0.2) is 0 Å². The van der Waals surface area contributed by atoms with Gasteiger partial charge >= 0.3 is 0 Å². The van der Waals surface area contributed by atoms with Crippen molar-refractivity contribution in [2.75, 3.05) is 13.1 Å². The fourth-order valence-electron chi connectivity index (χ4n) is 2.81. The normalized spacial score (nSPS) is 32.1. The van der Waals surface area contributed by atoms with Crippen LogP contribution in [0.1, 0.15) is 39.0 Å². The van der Waals surface area contributed by atoms with E-state index in [0.29, 0.717) is 6.04 Å². The molecule has 3 heteroatoms. The highest BCUT2D eigenvalue weighted by molar-refractivity contribution is 5.79. The Morgan fingerprint density at radius 1 is 1.33 bits per heavy atom. The van der Waals surface area contributed by atoms with E-state index < -0.39 is 0 Å². The minimum atomic E-state index is 0.200. The Bertz CT molecular complexity index is 224. The van der Waals surface area contributed by atoms with Crippen molar-refractivity contribution in [3.8, 4) is 0 Å². The zero-order valence-electron chi connectivity index (χ0n) is 9.59. The quantitative estimate of drug-likeness (QED) is 0.737. The van der Waals surface area contributed by atoms with Crippen LogP contribution < -0.4 is 10.6 Å². The minimum absolute atomic E-state index is 0.200. The molecule has 2 fully saturated rings. The summed E-state index contributed by atoms with van der Waals surface area (Å²) in [6.07, 6.45) is 6.30. The van der Waals surface area contributed by atoms with Crippen molar-refractivity contribution in [1.82, 2.24) is 10.6 Å². The summed E-state index contributed by atoms with van der Waals surface area (Å²) in [6, 6.07) is 0.355.